The van der Waals surface area contributed by atoms with E-state index in [1.807, 2.05) is 6.92 Å². The van der Waals surface area contributed by atoms with Crippen molar-refractivity contribution in [3.8, 4) is 0 Å². The van der Waals surface area contributed by atoms with E-state index < -0.39 is 0 Å². The Morgan fingerprint density at radius 3 is 2.47 bits per heavy atom. The van der Waals surface area contributed by atoms with Gasteiger partial charge < -0.3 is 10.4 Å². The van der Waals surface area contributed by atoms with E-state index in [-0.39, 0.29) is 6.10 Å². The van der Waals surface area contributed by atoms with Crippen molar-refractivity contribution in [2.24, 2.45) is 0 Å². The average Bonchev–Trinajstić information content (AvgIpc) is 2.59. The number of benzene rings is 1. The molecule has 0 bridgehead atoms. The molecule has 0 fully saturated rings. The van der Waals surface area contributed by atoms with Gasteiger partial charge in [0.15, 0.2) is 0 Å². The van der Waals surface area contributed by atoms with Gasteiger partial charge in [-0.3, -0.25) is 0 Å². The fourth-order valence-electron chi connectivity index (χ4n) is 2.20. The molecule has 1 unspecified atom stereocenters. The van der Waals surface area contributed by atoms with Gasteiger partial charge >= 0.3 is 0 Å². The van der Waals surface area contributed by atoms with Crippen molar-refractivity contribution in [3.05, 3.63) is 35.4 Å². The van der Waals surface area contributed by atoms with E-state index in [2.05, 4.69) is 29.6 Å². The van der Waals surface area contributed by atoms with Crippen LogP contribution >= 0.6 is 0 Å². The van der Waals surface area contributed by atoms with E-state index in [0.717, 1.165) is 25.8 Å². The Bertz CT molecular complexity index is 297. The minimum atomic E-state index is -0.193. The van der Waals surface area contributed by atoms with Gasteiger partial charge in [0, 0.05) is 6.04 Å². The van der Waals surface area contributed by atoms with E-state index >= 15 is 0 Å². The topological polar surface area (TPSA) is 32.3 Å². The maximum Gasteiger partial charge on any atom is 0.0524 e. The van der Waals surface area contributed by atoms with Crippen LogP contribution in [-0.2, 0) is 12.8 Å². The summed E-state index contributed by atoms with van der Waals surface area (Å²) in [5.41, 5.74) is 2.96. The maximum atomic E-state index is 9.16. The van der Waals surface area contributed by atoms with Gasteiger partial charge in [-0.2, -0.15) is 0 Å². The van der Waals surface area contributed by atoms with E-state index in [4.69, 9.17) is 5.11 Å². The smallest absolute Gasteiger partial charge is 0.0524 e. The van der Waals surface area contributed by atoms with Crippen LogP contribution in [-0.4, -0.2) is 23.8 Å². The third kappa shape index (κ3) is 2.80. The van der Waals surface area contributed by atoms with Crippen molar-refractivity contribution in [1.82, 2.24) is 5.32 Å². The van der Waals surface area contributed by atoms with Crippen molar-refractivity contribution < 1.29 is 5.11 Å². The summed E-state index contributed by atoms with van der Waals surface area (Å²) in [6.45, 7) is 2.75. The monoisotopic (exact) mass is 205 g/mol. The number of aliphatic hydroxyl groups excluding tert-OH is 1. The van der Waals surface area contributed by atoms with Crippen LogP contribution in [0, 0.1) is 0 Å². The molecule has 0 heterocycles. The highest BCUT2D eigenvalue weighted by atomic mass is 16.3. The molecule has 0 saturated heterocycles. The molecule has 2 N–H and O–H groups in total. The number of hydrogen-bond donors (Lipinski definition) is 2. The zero-order valence-corrected chi connectivity index (χ0v) is 9.24. The minimum absolute atomic E-state index is 0.193. The Hall–Kier alpha value is -0.860. The maximum absolute atomic E-state index is 9.16. The lowest BCUT2D eigenvalue weighted by Crippen LogP contribution is -2.31. The first-order valence-electron chi connectivity index (χ1n) is 5.74. The number of nitrogens with one attached hydrogen (secondary N) is 1. The third-order valence-corrected chi connectivity index (χ3v) is 3.05. The second-order valence-corrected chi connectivity index (χ2v) is 4.47. The molecule has 15 heavy (non-hydrogen) atoms. The van der Waals surface area contributed by atoms with E-state index in [1.165, 1.54) is 11.1 Å². The Kier molecular flexibility index (Phi) is 3.39. The molecule has 1 aliphatic carbocycles. The summed E-state index contributed by atoms with van der Waals surface area (Å²) in [4.78, 5) is 0. The Labute approximate surface area is 91.3 Å². The molecule has 0 radical (unpaired) electrons. The molecule has 1 aromatic carbocycles. The summed E-state index contributed by atoms with van der Waals surface area (Å²) in [5, 5.41) is 12.7. The second-order valence-electron chi connectivity index (χ2n) is 4.47. The van der Waals surface area contributed by atoms with Crippen LogP contribution in [0.3, 0.4) is 0 Å². The molecule has 0 aliphatic heterocycles. The predicted molar refractivity (Wildman–Crippen MR) is 61.9 cm³/mol. The molecule has 0 saturated carbocycles. The van der Waals surface area contributed by atoms with Gasteiger partial charge in [-0.25, -0.2) is 0 Å². The summed E-state index contributed by atoms with van der Waals surface area (Å²) >= 11 is 0. The van der Waals surface area contributed by atoms with Crippen LogP contribution in [0.15, 0.2) is 24.3 Å². The van der Waals surface area contributed by atoms with Crippen LogP contribution in [0.2, 0.25) is 0 Å². The number of rotatable bonds is 4. The highest BCUT2D eigenvalue weighted by molar-refractivity contribution is 5.33. The highest BCUT2D eigenvalue weighted by Gasteiger charge is 2.19. The fourth-order valence-corrected chi connectivity index (χ4v) is 2.20. The molecule has 0 aromatic heterocycles. The first kappa shape index (κ1) is 10.7. The zero-order chi connectivity index (χ0) is 10.7. The number of fused-ring (bicyclic) bond motifs is 1. The summed E-state index contributed by atoms with van der Waals surface area (Å²) in [6.07, 6.45) is 2.92. The third-order valence-electron chi connectivity index (χ3n) is 3.05. The standard InChI is InChI=1S/C13H19NO/c1-10(15)6-7-14-13-8-11-4-2-3-5-12(11)9-13/h2-5,10,13-15H,6-9H2,1H3. The second kappa shape index (κ2) is 4.77. The molecule has 2 heteroatoms. The minimum Gasteiger partial charge on any atom is -0.393 e. The summed E-state index contributed by atoms with van der Waals surface area (Å²) in [5.74, 6) is 0. The molecule has 1 aliphatic rings. The molecular weight excluding hydrogens is 186 g/mol. The lowest BCUT2D eigenvalue weighted by molar-refractivity contribution is 0.182. The van der Waals surface area contributed by atoms with Crippen LogP contribution in [0.4, 0.5) is 0 Å². The summed E-state index contributed by atoms with van der Waals surface area (Å²) in [7, 11) is 0. The SMILES string of the molecule is CC(O)CCNC1Cc2ccccc2C1. The van der Waals surface area contributed by atoms with Crippen LogP contribution < -0.4 is 5.32 Å². The van der Waals surface area contributed by atoms with Gasteiger partial charge in [-0.05, 0) is 43.9 Å². The zero-order valence-electron chi connectivity index (χ0n) is 9.24. The van der Waals surface area contributed by atoms with Crippen molar-refractivity contribution in [2.45, 2.75) is 38.3 Å². The first-order chi connectivity index (χ1) is 7.25. The summed E-state index contributed by atoms with van der Waals surface area (Å²) < 4.78 is 0. The Morgan fingerprint density at radius 2 is 1.93 bits per heavy atom. The largest absolute Gasteiger partial charge is 0.393 e. The van der Waals surface area contributed by atoms with E-state index in [1.54, 1.807) is 0 Å². The van der Waals surface area contributed by atoms with Crippen molar-refractivity contribution >= 4 is 0 Å². The molecule has 2 rings (SSSR count). The Morgan fingerprint density at radius 1 is 1.33 bits per heavy atom. The quantitative estimate of drug-likeness (QED) is 0.781. The molecule has 82 valence electrons. The van der Waals surface area contributed by atoms with Crippen molar-refractivity contribution in [1.29, 1.82) is 0 Å². The highest BCUT2D eigenvalue weighted by Crippen LogP contribution is 2.21. The van der Waals surface area contributed by atoms with E-state index in [0.29, 0.717) is 6.04 Å². The fraction of sp³-hybridized carbons (Fsp3) is 0.538. The molecule has 1 atom stereocenters. The number of hydrogen-bond acceptors (Lipinski definition) is 2. The van der Waals surface area contributed by atoms with Crippen molar-refractivity contribution in [3.63, 3.8) is 0 Å². The van der Waals surface area contributed by atoms with Gasteiger partial charge in [-0.1, -0.05) is 24.3 Å². The first-order valence-corrected chi connectivity index (χ1v) is 5.74. The predicted octanol–water partition coefficient (Wildman–Crippen LogP) is 1.51. The van der Waals surface area contributed by atoms with Crippen LogP contribution in [0.5, 0.6) is 0 Å². The van der Waals surface area contributed by atoms with E-state index in [9.17, 15) is 0 Å². The van der Waals surface area contributed by atoms with Crippen LogP contribution in [0.25, 0.3) is 0 Å². The van der Waals surface area contributed by atoms with Gasteiger partial charge in [0.05, 0.1) is 6.10 Å². The van der Waals surface area contributed by atoms with Gasteiger partial charge in [0.1, 0.15) is 0 Å². The van der Waals surface area contributed by atoms with Gasteiger partial charge in [0.25, 0.3) is 0 Å². The average molecular weight is 205 g/mol. The lowest BCUT2D eigenvalue weighted by Gasteiger charge is -2.12. The molecular formula is C13H19NO. The summed E-state index contributed by atoms with van der Waals surface area (Å²) in [6, 6.07) is 9.21. The number of aliphatic hydroxyl groups is 1. The van der Waals surface area contributed by atoms with Gasteiger partial charge in [0.2, 0.25) is 0 Å². The molecule has 2 nitrogen and oxygen atoms in total. The normalized spacial score (nSPS) is 17.7. The molecule has 0 amide bonds. The van der Waals surface area contributed by atoms with Crippen molar-refractivity contribution in [2.75, 3.05) is 6.54 Å². The lowest BCUT2D eigenvalue weighted by atomic mass is 10.1. The molecule has 1 aromatic rings. The molecule has 0 spiro atoms. The van der Waals surface area contributed by atoms with Gasteiger partial charge in [-0.15, -0.1) is 0 Å². The Balaban J connectivity index is 1.80. The van der Waals surface area contributed by atoms with Crippen LogP contribution in [0.1, 0.15) is 24.5 Å².